The van der Waals surface area contributed by atoms with Gasteiger partial charge in [-0.2, -0.15) is 0 Å². The van der Waals surface area contributed by atoms with Gasteiger partial charge in [-0.15, -0.1) is 0 Å². The number of aliphatic hydroxyl groups is 1. The molecule has 3 heteroatoms. The molecule has 0 amide bonds. The van der Waals surface area contributed by atoms with Gasteiger partial charge >= 0.3 is 0 Å². The number of hydrogen-bond donors (Lipinski definition) is 2. The van der Waals surface area contributed by atoms with E-state index >= 15 is 0 Å². The van der Waals surface area contributed by atoms with E-state index in [0.29, 0.717) is 12.2 Å². The quantitative estimate of drug-likeness (QED) is 0.450. The molecule has 80 valence electrons. The van der Waals surface area contributed by atoms with Gasteiger partial charge in [-0.05, 0) is 31.6 Å². The molecule has 3 nitrogen and oxygen atoms in total. The highest BCUT2D eigenvalue weighted by atomic mass is 16.5. The summed E-state index contributed by atoms with van der Waals surface area (Å²) in [5.74, 6) is 0.764. The van der Waals surface area contributed by atoms with Crippen LogP contribution in [0.25, 0.3) is 0 Å². The molecule has 0 saturated heterocycles. The van der Waals surface area contributed by atoms with Crippen LogP contribution in [-0.4, -0.2) is 17.6 Å². The zero-order valence-electron chi connectivity index (χ0n) is 8.73. The normalized spacial score (nSPS) is 11.2. The minimum atomic E-state index is 0.0966. The van der Waals surface area contributed by atoms with Gasteiger partial charge in [0, 0.05) is 12.2 Å². The molecule has 0 aliphatic rings. The van der Waals surface area contributed by atoms with Crippen LogP contribution in [-0.2, 0) is 4.74 Å². The van der Waals surface area contributed by atoms with E-state index in [0.717, 1.165) is 5.56 Å². The minimum Gasteiger partial charge on any atom is -0.444 e. The number of ether oxygens (including phenoxy) is 1. The second-order valence-corrected chi connectivity index (χ2v) is 3.12. The summed E-state index contributed by atoms with van der Waals surface area (Å²) in [6.07, 6.45) is 2.31. The maximum atomic E-state index is 8.61. The van der Waals surface area contributed by atoms with Gasteiger partial charge in [0.25, 0.3) is 0 Å². The van der Waals surface area contributed by atoms with Gasteiger partial charge in [-0.1, -0.05) is 18.2 Å². The van der Waals surface area contributed by atoms with Crippen LogP contribution in [0.4, 0.5) is 0 Å². The summed E-state index contributed by atoms with van der Waals surface area (Å²) in [5.41, 5.74) is 0.745. The third-order valence-electron chi connectivity index (χ3n) is 1.86. The molecule has 0 bridgehead atoms. The Bertz CT molecular complexity index is 344. The number of benzene rings is 1. The molecule has 0 atom stereocenters. The molecule has 0 aromatic heterocycles. The molecule has 0 aliphatic heterocycles. The highest BCUT2D eigenvalue weighted by Crippen LogP contribution is 2.06. The molecular formula is C12H15NO2. The van der Waals surface area contributed by atoms with Gasteiger partial charge in [0.1, 0.15) is 0 Å². The van der Waals surface area contributed by atoms with E-state index in [4.69, 9.17) is 15.3 Å². The molecule has 2 N–H and O–H groups in total. The smallest absolute Gasteiger partial charge is 0.218 e. The van der Waals surface area contributed by atoms with Crippen LogP contribution in [0.5, 0.6) is 0 Å². The maximum Gasteiger partial charge on any atom is 0.218 e. The number of hydrogen-bond acceptors (Lipinski definition) is 3. The Morgan fingerprint density at radius 1 is 1.40 bits per heavy atom. The lowest BCUT2D eigenvalue weighted by atomic mass is 10.2. The van der Waals surface area contributed by atoms with Crippen LogP contribution in [0.15, 0.2) is 42.2 Å². The van der Waals surface area contributed by atoms with E-state index in [1.807, 2.05) is 30.3 Å². The van der Waals surface area contributed by atoms with E-state index in [2.05, 4.69) is 0 Å². The predicted molar refractivity (Wildman–Crippen MR) is 59.8 cm³/mol. The largest absolute Gasteiger partial charge is 0.444 e. The number of allylic oxidation sites excluding steroid dienone is 1. The monoisotopic (exact) mass is 205 g/mol. The Morgan fingerprint density at radius 2 is 2.07 bits per heavy atom. The Labute approximate surface area is 89.5 Å². The Kier molecular flexibility index (Phi) is 4.57. The van der Waals surface area contributed by atoms with Gasteiger partial charge in [0.05, 0.1) is 5.76 Å². The molecule has 0 radical (unpaired) electrons. The lowest BCUT2D eigenvalue weighted by Crippen LogP contribution is -2.03. The van der Waals surface area contributed by atoms with Crippen LogP contribution in [0.2, 0.25) is 0 Å². The predicted octanol–water partition coefficient (Wildman–Crippen LogP) is 2.31. The third-order valence-corrected chi connectivity index (χ3v) is 1.86. The molecule has 1 aromatic rings. The fraction of sp³-hybridized carbons (Fsp3) is 0.250. The van der Waals surface area contributed by atoms with Crippen molar-refractivity contribution in [1.29, 1.82) is 5.41 Å². The molecule has 15 heavy (non-hydrogen) atoms. The van der Waals surface area contributed by atoms with Gasteiger partial charge in [-0.3, -0.25) is 5.41 Å². The van der Waals surface area contributed by atoms with Crippen LogP contribution in [0, 0.1) is 5.41 Å². The zero-order chi connectivity index (χ0) is 11.1. The SMILES string of the molecule is C/C(=C\CCO)OC(=N)c1ccccc1. The summed E-state index contributed by atoms with van der Waals surface area (Å²) < 4.78 is 5.27. The second kappa shape index (κ2) is 5.98. The molecule has 1 aromatic carbocycles. The molecule has 0 saturated carbocycles. The van der Waals surface area contributed by atoms with Crippen molar-refractivity contribution in [3.63, 3.8) is 0 Å². The number of nitrogens with one attached hydrogen (secondary N) is 1. The summed E-state index contributed by atoms with van der Waals surface area (Å²) >= 11 is 0. The molecule has 0 fully saturated rings. The molecule has 0 spiro atoms. The van der Waals surface area contributed by atoms with Crippen molar-refractivity contribution in [2.75, 3.05) is 6.61 Å². The lowest BCUT2D eigenvalue weighted by Gasteiger charge is -2.06. The Morgan fingerprint density at radius 3 is 2.67 bits per heavy atom. The first-order chi connectivity index (χ1) is 7.24. The summed E-state index contributed by atoms with van der Waals surface area (Å²) in [5, 5.41) is 16.3. The van der Waals surface area contributed by atoms with Crippen molar-refractivity contribution in [1.82, 2.24) is 0 Å². The lowest BCUT2D eigenvalue weighted by molar-refractivity contribution is 0.300. The van der Waals surface area contributed by atoms with Gasteiger partial charge in [0.15, 0.2) is 0 Å². The molecule has 0 heterocycles. The molecule has 0 unspecified atom stereocenters. The van der Waals surface area contributed by atoms with Crippen molar-refractivity contribution in [2.24, 2.45) is 0 Å². The first kappa shape index (κ1) is 11.5. The third kappa shape index (κ3) is 3.95. The topological polar surface area (TPSA) is 53.3 Å². The number of rotatable bonds is 4. The van der Waals surface area contributed by atoms with Gasteiger partial charge in [-0.25, -0.2) is 0 Å². The number of aliphatic hydroxyl groups excluding tert-OH is 1. The second-order valence-electron chi connectivity index (χ2n) is 3.12. The molecule has 0 aliphatic carbocycles. The summed E-state index contributed by atoms with van der Waals surface area (Å²) in [6.45, 7) is 1.87. The van der Waals surface area contributed by atoms with Crippen molar-refractivity contribution < 1.29 is 9.84 Å². The van der Waals surface area contributed by atoms with E-state index in [1.54, 1.807) is 13.0 Å². The summed E-state index contributed by atoms with van der Waals surface area (Å²) in [4.78, 5) is 0. The summed E-state index contributed by atoms with van der Waals surface area (Å²) in [6, 6.07) is 9.26. The maximum absolute atomic E-state index is 8.61. The van der Waals surface area contributed by atoms with Crippen molar-refractivity contribution in [2.45, 2.75) is 13.3 Å². The fourth-order valence-electron chi connectivity index (χ4n) is 1.12. The highest BCUT2D eigenvalue weighted by Gasteiger charge is 2.01. The van der Waals surface area contributed by atoms with E-state index < -0.39 is 0 Å². The molecular weight excluding hydrogens is 190 g/mol. The van der Waals surface area contributed by atoms with E-state index in [9.17, 15) is 0 Å². The van der Waals surface area contributed by atoms with Crippen LogP contribution >= 0.6 is 0 Å². The average molecular weight is 205 g/mol. The van der Waals surface area contributed by atoms with Gasteiger partial charge in [0.2, 0.25) is 5.90 Å². The Balaban J connectivity index is 2.57. The van der Waals surface area contributed by atoms with Crippen molar-refractivity contribution in [3.05, 3.63) is 47.7 Å². The van der Waals surface area contributed by atoms with Crippen LogP contribution < -0.4 is 0 Å². The van der Waals surface area contributed by atoms with E-state index in [-0.39, 0.29) is 12.5 Å². The van der Waals surface area contributed by atoms with E-state index in [1.165, 1.54) is 0 Å². The minimum absolute atomic E-state index is 0.0966. The first-order valence-corrected chi connectivity index (χ1v) is 4.83. The fourth-order valence-corrected chi connectivity index (χ4v) is 1.12. The van der Waals surface area contributed by atoms with Crippen molar-refractivity contribution >= 4 is 5.90 Å². The molecule has 1 rings (SSSR count). The van der Waals surface area contributed by atoms with Crippen molar-refractivity contribution in [3.8, 4) is 0 Å². The van der Waals surface area contributed by atoms with Crippen LogP contribution in [0.1, 0.15) is 18.9 Å². The average Bonchev–Trinajstić information content (AvgIpc) is 2.27. The van der Waals surface area contributed by atoms with Gasteiger partial charge < -0.3 is 9.84 Å². The van der Waals surface area contributed by atoms with Crippen LogP contribution in [0.3, 0.4) is 0 Å². The first-order valence-electron chi connectivity index (χ1n) is 4.83. The Hall–Kier alpha value is -1.61. The highest BCUT2D eigenvalue weighted by molar-refractivity contribution is 5.92. The standard InChI is InChI=1S/C12H15NO2/c1-10(6-5-9-14)15-12(13)11-7-3-2-4-8-11/h2-4,6-8,13-14H,5,9H2,1H3/b10-6+,13-12?. The zero-order valence-corrected chi connectivity index (χ0v) is 8.73. The summed E-state index contributed by atoms with van der Waals surface area (Å²) in [7, 11) is 0.